The normalized spacial score (nSPS) is 22.6. The molecule has 0 bridgehead atoms. The third-order valence-electron chi connectivity index (χ3n) is 4.02. The molecule has 2 N–H and O–H groups in total. The highest BCUT2D eigenvalue weighted by molar-refractivity contribution is 14.1. The van der Waals surface area contributed by atoms with E-state index in [2.05, 4.69) is 15.3 Å². The van der Waals surface area contributed by atoms with Gasteiger partial charge in [0.25, 0.3) is 5.56 Å². The van der Waals surface area contributed by atoms with Gasteiger partial charge in [0.2, 0.25) is 5.91 Å². The van der Waals surface area contributed by atoms with Crippen LogP contribution >= 0.6 is 22.6 Å². The SMILES string of the molecule is O=C(C1CCCN1c1nc[nH]c(=O)c1I)N1CCNCC1. The molecule has 1 unspecified atom stereocenters. The van der Waals surface area contributed by atoms with Crippen molar-refractivity contribution in [2.24, 2.45) is 0 Å². The Bertz CT molecular complexity index is 584. The minimum Gasteiger partial charge on any atom is -0.343 e. The van der Waals surface area contributed by atoms with Gasteiger partial charge >= 0.3 is 0 Å². The van der Waals surface area contributed by atoms with Crippen LogP contribution in [0.25, 0.3) is 0 Å². The number of anilines is 1. The second-order valence-corrected chi connectivity index (χ2v) is 6.37. The molecule has 0 aliphatic carbocycles. The van der Waals surface area contributed by atoms with Crippen molar-refractivity contribution in [1.29, 1.82) is 0 Å². The summed E-state index contributed by atoms with van der Waals surface area (Å²) in [5, 5.41) is 3.25. The van der Waals surface area contributed by atoms with Crippen molar-refractivity contribution in [2.75, 3.05) is 37.6 Å². The lowest BCUT2D eigenvalue weighted by molar-refractivity contribution is -0.133. The van der Waals surface area contributed by atoms with E-state index in [4.69, 9.17) is 0 Å². The molecule has 0 radical (unpaired) electrons. The standard InChI is InChI=1S/C13H18IN5O2/c14-10-11(16-8-17-12(10)20)19-5-1-2-9(19)13(21)18-6-3-15-4-7-18/h8-9,15H,1-7H2,(H,16,17,20). The lowest BCUT2D eigenvalue weighted by Gasteiger charge is -2.33. The Hall–Kier alpha value is -1.16. The Balaban J connectivity index is 1.83. The van der Waals surface area contributed by atoms with Crippen LogP contribution in [0.5, 0.6) is 0 Å². The number of nitrogens with zero attached hydrogens (tertiary/aromatic N) is 3. The van der Waals surface area contributed by atoms with Crippen molar-refractivity contribution in [3.8, 4) is 0 Å². The summed E-state index contributed by atoms with van der Waals surface area (Å²) in [5.41, 5.74) is -0.152. The van der Waals surface area contributed by atoms with E-state index in [9.17, 15) is 9.59 Å². The molecule has 1 aromatic heterocycles. The summed E-state index contributed by atoms with van der Waals surface area (Å²) in [5.74, 6) is 0.789. The quantitative estimate of drug-likeness (QED) is 0.668. The largest absolute Gasteiger partial charge is 0.343 e. The van der Waals surface area contributed by atoms with Crippen molar-refractivity contribution in [1.82, 2.24) is 20.2 Å². The maximum atomic E-state index is 12.7. The number of piperazine rings is 1. The smallest absolute Gasteiger partial charge is 0.266 e. The highest BCUT2D eigenvalue weighted by Crippen LogP contribution is 2.27. The molecule has 21 heavy (non-hydrogen) atoms. The molecule has 0 saturated carbocycles. The van der Waals surface area contributed by atoms with E-state index in [1.807, 2.05) is 32.4 Å². The summed E-state index contributed by atoms with van der Waals surface area (Å²) in [6, 6.07) is -0.189. The molecule has 0 aromatic carbocycles. The van der Waals surface area contributed by atoms with Gasteiger partial charge in [-0.25, -0.2) is 4.98 Å². The van der Waals surface area contributed by atoms with Gasteiger partial charge in [-0.2, -0.15) is 0 Å². The van der Waals surface area contributed by atoms with E-state index < -0.39 is 0 Å². The zero-order valence-electron chi connectivity index (χ0n) is 11.6. The molecule has 114 valence electrons. The summed E-state index contributed by atoms with van der Waals surface area (Å²) in [4.78, 5) is 35.2. The van der Waals surface area contributed by atoms with Crippen LogP contribution < -0.4 is 15.8 Å². The van der Waals surface area contributed by atoms with Crippen molar-refractivity contribution >= 4 is 34.3 Å². The van der Waals surface area contributed by atoms with E-state index in [1.165, 1.54) is 6.33 Å². The first-order valence-electron chi connectivity index (χ1n) is 7.18. The maximum Gasteiger partial charge on any atom is 0.266 e. The lowest BCUT2D eigenvalue weighted by Crippen LogP contribution is -2.53. The minimum atomic E-state index is -0.189. The van der Waals surface area contributed by atoms with Gasteiger partial charge in [-0.05, 0) is 35.4 Å². The van der Waals surface area contributed by atoms with Gasteiger partial charge in [0, 0.05) is 32.7 Å². The highest BCUT2D eigenvalue weighted by atomic mass is 127. The third-order valence-corrected chi connectivity index (χ3v) is 4.99. The molecule has 2 aliphatic rings. The second kappa shape index (κ2) is 6.30. The van der Waals surface area contributed by atoms with E-state index in [0.29, 0.717) is 9.39 Å². The second-order valence-electron chi connectivity index (χ2n) is 5.30. The van der Waals surface area contributed by atoms with E-state index in [-0.39, 0.29) is 17.5 Å². The summed E-state index contributed by atoms with van der Waals surface area (Å²) in [6.45, 7) is 3.97. The van der Waals surface area contributed by atoms with Crippen LogP contribution in [-0.4, -0.2) is 59.5 Å². The Morgan fingerprint density at radius 2 is 2.10 bits per heavy atom. The molecule has 2 aliphatic heterocycles. The summed E-state index contributed by atoms with van der Waals surface area (Å²) in [7, 11) is 0. The summed E-state index contributed by atoms with van der Waals surface area (Å²) < 4.78 is 0.551. The van der Waals surface area contributed by atoms with Crippen LogP contribution in [0.2, 0.25) is 0 Å². The van der Waals surface area contributed by atoms with Crippen LogP contribution in [0.4, 0.5) is 5.82 Å². The Morgan fingerprint density at radius 1 is 1.33 bits per heavy atom. The van der Waals surface area contributed by atoms with Gasteiger partial charge < -0.3 is 20.1 Å². The number of rotatable bonds is 2. The minimum absolute atomic E-state index is 0.152. The fourth-order valence-corrected chi connectivity index (χ4v) is 3.55. The molecule has 1 amide bonds. The predicted octanol–water partition coefficient (Wildman–Crippen LogP) is -0.225. The lowest BCUT2D eigenvalue weighted by atomic mass is 10.1. The first-order valence-corrected chi connectivity index (χ1v) is 8.25. The molecular weight excluding hydrogens is 385 g/mol. The number of carbonyl (C=O) groups excluding carboxylic acids is 1. The van der Waals surface area contributed by atoms with Gasteiger partial charge in [-0.1, -0.05) is 0 Å². The Labute approximate surface area is 136 Å². The Kier molecular flexibility index (Phi) is 4.43. The molecule has 1 aromatic rings. The predicted molar refractivity (Wildman–Crippen MR) is 87.4 cm³/mol. The number of hydrogen-bond donors (Lipinski definition) is 2. The summed E-state index contributed by atoms with van der Waals surface area (Å²) >= 11 is 2.00. The number of aromatic nitrogens is 2. The zero-order valence-corrected chi connectivity index (χ0v) is 13.8. The Morgan fingerprint density at radius 3 is 2.86 bits per heavy atom. The molecule has 1 atom stereocenters. The topological polar surface area (TPSA) is 81.3 Å². The van der Waals surface area contributed by atoms with Crippen LogP contribution in [0.15, 0.2) is 11.1 Å². The third kappa shape index (κ3) is 2.91. The van der Waals surface area contributed by atoms with Crippen molar-refractivity contribution in [2.45, 2.75) is 18.9 Å². The van der Waals surface area contributed by atoms with Gasteiger partial charge in [0.1, 0.15) is 15.4 Å². The molecule has 2 fully saturated rings. The number of hydrogen-bond acceptors (Lipinski definition) is 5. The first kappa shape index (κ1) is 14.8. The maximum absolute atomic E-state index is 12.7. The van der Waals surface area contributed by atoms with Crippen LogP contribution in [-0.2, 0) is 4.79 Å². The zero-order chi connectivity index (χ0) is 14.8. The summed E-state index contributed by atoms with van der Waals surface area (Å²) in [6.07, 6.45) is 3.19. The monoisotopic (exact) mass is 403 g/mol. The molecule has 2 saturated heterocycles. The van der Waals surface area contributed by atoms with Gasteiger partial charge in [-0.15, -0.1) is 0 Å². The van der Waals surface area contributed by atoms with Crippen LogP contribution in [0.1, 0.15) is 12.8 Å². The van der Waals surface area contributed by atoms with Crippen molar-refractivity contribution < 1.29 is 4.79 Å². The molecule has 3 rings (SSSR count). The van der Waals surface area contributed by atoms with Crippen LogP contribution in [0.3, 0.4) is 0 Å². The highest BCUT2D eigenvalue weighted by Gasteiger charge is 2.35. The molecular formula is C13H18IN5O2. The molecule has 0 spiro atoms. The fraction of sp³-hybridized carbons (Fsp3) is 0.615. The number of H-pyrrole nitrogens is 1. The molecule has 7 nitrogen and oxygen atoms in total. The van der Waals surface area contributed by atoms with E-state index in [1.54, 1.807) is 0 Å². The van der Waals surface area contributed by atoms with Gasteiger partial charge in [0.05, 0.1) is 6.33 Å². The molecule has 3 heterocycles. The van der Waals surface area contributed by atoms with Gasteiger partial charge in [0.15, 0.2) is 0 Å². The fourth-order valence-electron chi connectivity index (χ4n) is 2.95. The average Bonchev–Trinajstić information content (AvgIpc) is 2.99. The van der Waals surface area contributed by atoms with Crippen molar-refractivity contribution in [3.63, 3.8) is 0 Å². The van der Waals surface area contributed by atoms with E-state index in [0.717, 1.165) is 45.6 Å². The molecule has 8 heteroatoms. The number of aromatic amines is 1. The number of amides is 1. The van der Waals surface area contributed by atoms with Crippen LogP contribution in [0, 0.1) is 3.57 Å². The number of carbonyl (C=O) groups is 1. The van der Waals surface area contributed by atoms with Crippen molar-refractivity contribution in [3.05, 3.63) is 20.3 Å². The number of nitrogens with one attached hydrogen (secondary N) is 2. The average molecular weight is 403 g/mol. The number of halogens is 1. The first-order chi connectivity index (χ1) is 10.2. The van der Waals surface area contributed by atoms with E-state index >= 15 is 0 Å². The van der Waals surface area contributed by atoms with Gasteiger partial charge in [-0.3, -0.25) is 9.59 Å².